The molecule has 2 rings (SSSR count). The van der Waals surface area contributed by atoms with Gasteiger partial charge in [-0.05, 0) is 56.7 Å². The van der Waals surface area contributed by atoms with Gasteiger partial charge < -0.3 is 11.1 Å². The minimum Gasteiger partial charge on any atom is -0.388 e. The standard InChI is InChI=1S/C13H28N2.C11H11NO3.2C2H6/c1-4-8-13(15-11-5-2)12(3)9-6-7-10-14;1-2-7-15-12-10(13)8-5-3-4-6-9(8)11(12)14;2*1-2/h8,12,15H,4-7,9-11,14H2,1-3H3;3-6H,2,7H2,1H3;2*1-2H3/b13-8+;;;. The van der Waals surface area contributed by atoms with E-state index in [9.17, 15) is 9.59 Å². The van der Waals surface area contributed by atoms with Crippen LogP contribution in [0.1, 0.15) is 115 Å². The first-order valence-electron chi connectivity index (χ1n) is 13.3. The van der Waals surface area contributed by atoms with Gasteiger partial charge in [0.05, 0.1) is 17.7 Å². The Labute approximate surface area is 209 Å². The molecule has 6 heteroatoms. The Kier molecular flexibility index (Phi) is 22.6. The lowest BCUT2D eigenvalue weighted by Crippen LogP contribution is -2.30. The molecule has 0 aromatic heterocycles. The van der Waals surface area contributed by atoms with E-state index in [0.717, 1.165) is 37.4 Å². The Hall–Kier alpha value is -2.18. The number of unbranched alkanes of at least 4 members (excludes halogenated alkanes) is 1. The van der Waals surface area contributed by atoms with E-state index < -0.39 is 0 Å². The molecule has 1 unspecified atom stereocenters. The highest BCUT2D eigenvalue weighted by Crippen LogP contribution is 2.22. The van der Waals surface area contributed by atoms with Crippen molar-refractivity contribution >= 4 is 11.8 Å². The molecule has 0 spiro atoms. The predicted molar refractivity (Wildman–Crippen MR) is 145 cm³/mol. The Morgan fingerprint density at radius 1 is 1.00 bits per heavy atom. The molecule has 0 aliphatic carbocycles. The first-order chi connectivity index (χ1) is 16.5. The van der Waals surface area contributed by atoms with Gasteiger partial charge in [-0.25, -0.2) is 0 Å². The SMILES string of the molecule is CC.CC.CC/C=C(/NCCC)C(C)CCCCN.CCCON1C(=O)c2ccccc2C1=O. The highest BCUT2D eigenvalue weighted by atomic mass is 16.7. The summed E-state index contributed by atoms with van der Waals surface area (Å²) in [5, 5.41) is 4.37. The Balaban J connectivity index is 0. The van der Waals surface area contributed by atoms with Gasteiger partial charge in [0.1, 0.15) is 0 Å². The summed E-state index contributed by atoms with van der Waals surface area (Å²) in [5.41, 5.74) is 7.76. The number of hydrogen-bond acceptors (Lipinski definition) is 5. The molecule has 2 amide bonds. The molecule has 34 heavy (non-hydrogen) atoms. The predicted octanol–water partition coefficient (Wildman–Crippen LogP) is 6.72. The van der Waals surface area contributed by atoms with Crippen molar-refractivity contribution in [2.45, 2.75) is 93.9 Å². The number of nitrogens with one attached hydrogen (secondary N) is 1. The van der Waals surface area contributed by atoms with Crippen LogP contribution in [0.2, 0.25) is 0 Å². The molecule has 1 heterocycles. The lowest BCUT2D eigenvalue weighted by Gasteiger charge is -2.17. The number of hydrogen-bond donors (Lipinski definition) is 2. The van der Waals surface area contributed by atoms with Crippen molar-refractivity contribution in [2.24, 2.45) is 11.7 Å². The molecule has 0 bridgehead atoms. The zero-order valence-electron chi connectivity index (χ0n) is 23.1. The Morgan fingerprint density at radius 3 is 2.00 bits per heavy atom. The summed E-state index contributed by atoms with van der Waals surface area (Å²) in [5.74, 6) is -0.0869. The van der Waals surface area contributed by atoms with Gasteiger partial charge in [0.2, 0.25) is 0 Å². The second-order valence-corrected chi connectivity index (χ2v) is 7.46. The second-order valence-electron chi connectivity index (χ2n) is 7.46. The van der Waals surface area contributed by atoms with Crippen molar-refractivity contribution in [3.63, 3.8) is 0 Å². The maximum Gasteiger partial charge on any atom is 0.285 e. The molecule has 1 aliphatic rings. The number of nitrogens with two attached hydrogens (primary N) is 1. The van der Waals surface area contributed by atoms with Crippen LogP contribution in [-0.4, -0.2) is 36.6 Å². The molecule has 196 valence electrons. The van der Waals surface area contributed by atoms with Crippen molar-refractivity contribution in [3.05, 3.63) is 47.2 Å². The third kappa shape index (κ3) is 12.3. The Bertz CT molecular complexity index is 654. The Morgan fingerprint density at radius 2 is 1.56 bits per heavy atom. The summed E-state index contributed by atoms with van der Waals surface area (Å²) in [7, 11) is 0. The van der Waals surface area contributed by atoms with E-state index in [1.807, 2.05) is 34.6 Å². The highest BCUT2D eigenvalue weighted by Gasteiger charge is 2.36. The maximum absolute atomic E-state index is 11.7. The monoisotopic (exact) mass is 477 g/mol. The van der Waals surface area contributed by atoms with Crippen molar-refractivity contribution in [1.29, 1.82) is 0 Å². The van der Waals surface area contributed by atoms with E-state index in [1.165, 1.54) is 25.0 Å². The van der Waals surface area contributed by atoms with Gasteiger partial charge in [0, 0.05) is 12.2 Å². The number of carbonyl (C=O) groups excluding carboxylic acids is 2. The molecule has 1 atom stereocenters. The van der Waals surface area contributed by atoms with Gasteiger partial charge in [-0.15, -0.1) is 5.06 Å². The zero-order chi connectivity index (χ0) is 26.4. The molecule has 0 saturated heterocycles. The molecule has 1 aromatic carbocycles. The fourth-order valence-corrected chi connectivity index (χ4v) is 3.15. The molecular weight excluding hydrogens is 426 g/mol. The summed E-state index contributed by atoms with van der Waals surface area (Å²) >= 11 is 0. The maximum atomic E-state index is 11.7. The van der Waals surface area contributed by atoms with Gasteiger partial charge >= 0.3 is 0 Å². The summed E-state index contributed by atoms with van der Waals surface area (Å²) < 4.78 is 0. The van der Waals surface area contributed by atoms with E-state index in [4.69, 9.17) is 10.6 Å². The fourth-order valence-electron chi connectivity index (χ4n) is 3.15. The molecule has 6 nitrogen and oxygen atoms in total. The summed E-state index contributed by atoms with van der Waals surface area (Å²) in [4.78, 5) is 28.5. The smallest absolute Gasteiger partial charge is 0.285 e. The lowest BCUT2D eigenvalue weighted by atomic mass is 9.99. The van der Waals surface area contributed by atoms with E-state index >= 15 is 0 Å². The van der Waals surface area contributed by atoms with Gasteiger partial charge in [0.15, 0.2) is 0 Å². The molecular formula is C28H51N3O3. The van der Waals surface area contributed by atoms with Crippen molar-refractivity contribution < 1.29 is 14.4 Å². The van der Waals surface area contributed by atoms with Crippen LogP contribution < -0.4 is 11.1 Å². The molecule has 0 radical (unpaired) electrons. The van der Waals surface area contributed by atoms with Crippen LogP contribution in [0.3, 0.4) is 0 Å². The lowest BCUT2D eigenvalue weighted by molar-refractivity contribution is -0.0909. The molecule has 1 aromatic rings. The third-order valence-electron chi connectivity index (χ3n) is 4.81. The number of nitrogens with zero attached hydrogens (tertiary/aromatic N) is 1. The van der Waals surface area contributed by atoms with E-state index in [-0.39, 0.29) is 11.8 Å². The van der Waals surface area contributed by atoms with Crippen molar-refractivity contribution in [3.8, 4) is 0 Å². The average Bonchev–Trinajstić information content (AvgIpc) is 3.12. The van der Waals surface area contributed by atoms with E-state index in [0.29, 0.717) is 23.7 Å². The minimum absolute atomic E-state index is 0.367. The van der Waals surface area contributed by atoms with Crippen LogP contribution in [0, 0.1) is 5.92 Å². The number of hydroxylamine groups is 2. The summed E-state index contributed by atoms with van der Waals surface area (Å²) in [6.45, 7) is 18.9. The van der Waals surface area contributed by atoms with Crippen LogP contribution in [-0.2, 0) is 4.84 Å². The fraction of sp³-hybridized carbons (Fsp3) is 0.643. The number of fused-ring (bicyclic) bond motifs is 1. The highest BCUT2D eigenvalue weighted by molar-refractivity contribution is 6.20. The number of amides is 2. The number of benzene rings is 1. The zero-order valence-corrected chi connectivity index (χ0v) is 23.1. The topological polar surface area (TPSA) is 84.7 Å². The quantitative estimate of drug-likeness (QED) is 0.258. The first kappa shape index (κ1) is 34.0. The van der Waals surface area contributed by atoms with Gasteiger partial charge in [-0.2, -0.15) is 0 Å². The van der Waals surface area contributed by atoms with Crippen LogP contribution in [0.4, 0.5) is 0 Å². The van der Waals surface area contributed by atoms with Gasteiger partial charge in [0.25, 0.3) is 11.8 Å². The van der Waals surface area contributed by atoms with Crippen LogP contribution >= 0.6 is 0 Å². The van der Waals surface area contributed by atoms with Crippen LogP contribution in [0.15, 0.2) is 36.0 Å². The molecule has 0 fully saturated rings. The van der Waals surface area contributed by atoms with E-state index in [2.05, 4.69) is 32.2 Å². The number of rotatable bonds is 12. The number of imide groups is 1. The van der Waals surface area contributed by atoms with E-state index in [1.54, 1.807) is 24.3 Å². The largest absolute Gasteiger partial charge is 0.388 e. The average molecular weight is 478 g/mol. The van der Waals surface area contributed by atoms with Crippen LogP contribution in [0.5, 0.6) is 0 Å². The van der Waals surface area contributed by atoms with Gasteiger partial charge in [-0.3, -0.25) is 14.4 Å². The third-order valence-corrected chi connectivity index (χ3v) is 4.81. The van der Waals surface area contributed by atoms with Crippen molar-refractivity contribution in [1.82, 2.24) is 10.4 Å². The first-order valence-corrected chi connectivity index (χ1v) is 13.3. The van der Waals surface area contributed by atoms with Crippen LogP contribution in [0.25, 0.3) is 0 Å². The summed E-state index contributed by atoms with van der Waals surface area (Å²) in [6, 6.07) is 6.72. The number of allylic oxidation sites excluding steroid dienone is 2. The van der Waals surface area contributed by atoms with Crippen molar-refractivity contribution in [2.75, 3.05) is 19.7 Å². The molecule has 3 N–H and O–H groups in total. The second kappa shape index (κ2) is 22.6. The minimum atomic E-state index is -0.371. The normalized spacial score (nSPS) is 13.0. The molecule has 1 aliphatic heterocycles. The summed E-state index contributed by atoms with van der Waals surface area (Å²) in [6.07, 6.45) is 9.03. The molecule has 0 saturated carbocycles. The number of carbonyl (C=O) groups is 2. The van der Waals surface area contributed by atoms with Gasteiger partial charge in [-0.1, -0.05) is 80.0 Å².